The Morgan fingerprint density at radius 1 is 1.08 bits per heavy atom. The molecule has 1 aliphatic heterocycles. The van der Waals surface area contributed by atoms with Gasteiger partial charge in [-0.1, -0.05) is 72.3 Å². The Hall–Kier alpha value is -2.46. The number of rotatable bonds is 9. The average Bonchev–Trinajstić information content (AvgIpc) is 3.07. The van der Waals surface area contributed by atoms with Gasteiger partial charge in [0.2, 0.25) is 5.91 Å². The number of nitrogens with one attached hydrogen (secondary N) is 2. The Morgan fingerprint density at radius 2 is 1.73 bits per heavy atom. The van der Waals surface area contributed by atoms with E-state index in [4.69, 9.17) is 17.3 Å². The predicted molar refractivity (Wildman–Crippen MR) is 157 cm³/mol. The fourth-order valence-electron chi connectivity index (χ4n) is 4.75. The highest BCUT2D eigenvalue weighted by atomic mass is 127. The Balaban J connectivity index is 1.48. The summed E-state index contributed by atoms with van der Waals surface area (Å²) < 4.78 is 0.897. The van der Waals surface area contributed by atoms with Gasteiger partial charge in [0.25, 0.3) is 5.91 Å². The molecule has 0 aliphatic carbocycles. The zero-order valence-corrected chi connectivity index (χ0v) is 23.5. The molecule has 37 heavy (non-hydrogen) atoms. The van der Waals surface area contributed by atoms with Gasteiger partial charge in [-0.3, -0.25) is 9.59 Å². The molecule has 1 saturated heterocycles. The van der Waals surface area contributed by atoms with Gasteiger partial charge in [0.15, 0.2) is 0 Å². The van der Waals surface area contributed by atoms with Gasteiger partial charge in [-0.15, -0.1) is 0 Å². The van der Waals surface area contributed by atoms with Crippen molar-refractivity contribution in [3.8, 4) is 0 Å². The molecular formula is C29H32ClIN4O2. The summed E-state index contributed by atoms with van der Waals surface area (Å²) in [6.45, 7) is 1.98. The zero-order valence-electron chi connectivity index (χ0n) is 20.6. The average molecular weight is 631 g/mol. The summed E-state index contributed by atoms with van der Waals surface area (Å²) in [5, 5.41) is 7.02. The van der Waals surface area contributed by atoms with Crippen molar-refractivity contribution < 1.29 is 9.59 Å². The quantitative estimate of drug-likeness (QED) is 0.306. The van der Waals surface area contributed by atoms with Gasteiger partial charge in [-0.2, -0.15) is 0 Å². The van der Waals surface area contributed by atoms with Gasteiger partial charge in [0.05, 0.1) is 11.1 Å². The Morgan fingerprint density at radius 3 is 2.32 bits per heavy atom. The van der Waals surface area contributed by atoms with Crippen molar-refractivity contribution in [1.29, 1.82) is 0 Å². The first-order valence-corrected chi connectivity index (χ1v) is 14.0. The topological polar surface area (TPSA) is 87.5 Å². The van der Waals surface area contributed by atoms with Gasteiger partial charge in [-0.25, -0.2) is 0 Å². The minimum atomic E-state index is -0.394. The second-order valence-electron chi connectivity index (χ2n) is 9.28. The summed E-state index contributed by atoms with van der Waals surface area (Å²) in [5.74, 6) is -0.0663. The SMILES string of the molecule is NCC[C@@H]1N[C@H](CNC(=O)c2ccc(I)c(Cl)c2)CCN(CC(c2ccccc2)c2ccccc2)C1=O. The molecule has 0 bridgehead atoms. The van der Waals surface area contributed by atoms with Crippen LogP contribution in [0.5, 0.6) is 0 Å². The molecule has 194 valence electrons. The lowest BCUT2D eigenvalue weighted by molar-refractivity contribution is -0.133. The van der Waals surface area contributed by atoms with E-state index < -0.39 is 6.04 Å². The molecule has 1 fully saturated rings. The summed E-state index contributed by atoms with van der Waals surface area (Å²) in [7, 11) is 0. The van der Waals surface area contributed by atoms with E-state index in [1.165, 1.54) is 11.1 Å². The molecule has 2 amide bonds. The summed E-state index contributed by atoms with van der Waals surface area (Å²) in [4.78, 5) is 28.3. The molecule has 2 atom stereocenters. The highest BCUT2D eigenvalue weighted by Crippen LogP contribution is 2.27. The van der Waals surface area contributed by atoms with Gasteiger partial charge >= 0.3 is 0 Å². The summed E-state index contributed by atoms with van der Waals surface area (Å²) in [6.07, 6.45) is 1.25. The van der Waals surface area contributed by atoms with Crippen LogP contribution in [0.1, 0.15) is 40.2 Å². The van der Waals surface area contributed by atoms with Crippen molar-refractivity contribution in [2.24, 2.45) is 5.73 Å². The molecule has 4 N–H and O–H groups in total. The molecule has 4 rings (SSSR count). The van der Waals surface area contributed by atoms with Crippen LogP contribution in [0.3, 0.4) is 0 Å². The third kappa shape index (κ3) is 7.31. The fraction of sp³-hybridized carbons (Fsp3) is 0.310. The first-order valence-electron chi connectivity index (χ1n) is 12.5. The monoisotopic (exact) mass is 630 g/mol. The van der Waals surface area contributed by atoms with Crippen molar-refractivity contribution in [3.63, 3.8) is 0 Å². The van der Waals surface area contributed by atoms with E-state index in [-0.39, 0.29) is 23.8 Å². The van der Waals surface area contributed by atoms with E-state index in [2.05, 4.69) is 57.5 Å². The number of nitrogens with two attached hydrogens (primary N) is 1. The van der Waals surface area contributed by atoms with Crippen molar-refractivity contribution in [2.45, 2.75) is 30.8 Å². The van der Waals surface area contributed by atoms with Gasteiger partial charge in [0, 0.05) is 40.7 Å². The number of carbonyl (C=O) groups excluding carboxylic acids is 2. The van der Waals surface area contributed by atoms with E-state index in [0.29, 0.717) is 43.2 Å². The first kappa shape index (κ1) is 27.6. The molecule has 3 aromatic rings. The number of hydrogen-bond donors (Lipinski definition) is 3. The maximum atomic E-state index is 13.6. The van der Waals surface area contributed by atoms with Crippen LogP contribution in [0.15, 0.2) is 78.9 Å². The first-order chi connectivity index (χ1) is 18.0. The third-order valence-corrected chi connectivity index (χ3v) is 8.32. The van der Waals surface area contributed by atoms with Crippen LogP contribution in [-0.4, -0.2) is 55.0 Å². The van der Waals surface area contributed by atoms with E-state index in [1.54, 1.807) is 12.1 Å². The number of halogens is 2. The Labute approximate surface area is 237 Å². The van der Waals surface area contributed by atoms with Crippen LogP contribution < -0.4 is 16.4 Å². The number of amides is 2. The maximum absolute atomic E-state index is 13.6. The van der Waals surface area contributed by atoms with Gasteiger partial charge in [-0.05, 0) is 71.3 Å². The molecule has 0 radical (unpaired) electrons. The van der Waals surface area contributed by atoms with Crippen molar-refractivity contribution in [1.82, 2.24) is 15.5 Å². The molecule has 0 saturated carbocycles. The zero-order chi connectivity index (χ0) is 26.2. The molecule has 0 spiro atoms. The summed E-state index contributed by atoms with van der Waals surface area (Å²) in [6, 6.07) is 25.4. The van der Waals surface area contributed by atoms with E-state index in [1.807, 2.05) is 47.4 Å². The Kier molecular flexibility index (Phi) is 9.96. The highest BCUT2D eigenvalue weighted by molar-refractivity contribution is 14.1. The Bertz CT molecular complexity index is 1160. The van der Waals surface area contributed by atoms with E-state index >= 15 is 0 Å². The van der Waals surface area contributed by atoms with Crippen LogP contribution in [0.25, 0.3) is 0 Å². The van der Waals surface area contributed by atoms with E-state index in [9.17, 15) is 9.59 Å². The van der Waals surface area contributed by atoms with Crippen LogP contribution in [-0.2, 0) is 4.79 Å². The van der Waals surface area contributed by atoms with Crippen LogP contribution >= 0.6 is 34.2 Å². The standard InChI is InChI=1S/C29H32ClIN4O2/c30-25-17-22(11-12-26(25)31)28(36)33-18-23-14-16-35(29(37)27(34-23)13-15-32)19-24(20-7-3-1-4-8-20)21-9-5-2-6-10-21/h1-12,17,23-24,27,34H,13-16,18-19,32H2,(H,33,36)/t23-,27-/m0/s1. The second kappa shape index (κ2) is 13.4. The molecule has 1 heterocycles. The smallest absolute Gasteiger partial charge is 0.251 e. The molecule has 1 aliphatic rings. The van der Waals surface area contributed by atoms with Crippen molar-refractivity contribution in [3.05, 3.63) is 104 Å². The normalized spacial score (nSPS) is 18.1. The second-order valence-corrected chi connectivity index (χ2v) is 10.8. The summed E-state index contributed by atoms with van der Waals surface area (Å²) in [5.41, 5.74) is 8.75. The van der Waals surface area contributed by atoms with Crippen molar-refractivity contribution in [2.75, 3.05) is 26.2 Å². The molecular weight excluding hydrogens is 599 g/mol. The van der Waals surface area contributed by atoms with Crippen LogP contribution in [0.2, 0.25) is 5.02 Å². The van der Waals surface area contributed by atoms with Crippen molar-refractivity contribution >= 4 is 46.0 Å². The molecule has 0 unspecified atom stereocenters. The minimum Gasteiger partial charge on any atom is -0.350 e. The summed E-state index contributed by atoms with van der Waals surface area (Å²) >= 11 is 8.32. The lowest BCUT2D eigenvalue weighted by atomic mass is 9.90. The van der Waals surface area contributed by atoms with Crippen LogP contribution in [0.4, 0.5) is 0 Å². The number of carbonyl (C=O) groups is 2. The fourth-order valence-corrected chi connectivity index (χ4v) is 5.26. The number of benzene rings is 3. The highest BCUT2D eigenvalue weighted by Gasteiger charge is 2.32. The van der Waals surface area contributed by atoms with E-state index in [0.717, 1.165) is 9.99 Å². The number of hydrogen-bond acceptors (Lipinski definition) is 4. The van der Waals surface area contributed by atoms with Gasteiger partial charge in [0.1, 0.15) is 0 Å². The lowest BCUT2D eigenvalue weighted by Crippen LogP contribution is -2.49. The maximum Gasteiger partial charge on any atom is 0.251 e. The van der Waals surface area contributed by atoms with Gasteiger partial charge < -0.3 is 21.3 Å². The molecule has 6 nitrogen and oxygen atoms in total. The lowest BCUT2D eigenvalue weighted by Gasteiger charge is -2.29. The largest absolute Gasteiger partial charge is 0.350 e. The number of nitrogens with zero attached hydrogens (tertiary/aromatic N) is 1. The molecule has 8 heteroatoms. The molecule has 3 aromatic carbocycles. The minimum absolute atomic E-state index is 0.0549. The predicted octanol–water partition coefficient (Wildman–Crippen LogP) is 4.41. The molecule has 0 aromatic heterocycles. The third-order valence-electron chi connectivity index (χ3n) is 6.75. The van der Waals surface area contributed by atoms with Crippen LogP contribution in [0, 0.1) is 3.57 Å².